The first-order valence-electron chi connectivity index (χ1n) is 8.42. The summed E-state index contributed by atoms with van der Waals surface area (Å²) in [5.41, 5.74) is -0.766. The molecular weight excluding hydrogens is 416 g/mol. The molecule has 1 aliphatic rings. The van der Waals surface area contributed by atoms with Gasteiger partial charge in [0.2, 0.25) is 0 Å². The number of aromatic nitrogens is 1. The first-order chi connectivity index (χ1) is 13.1. The number of amides is 1. The largest absolute Gasteiger partial charge is 0.418 e. The number of nitrogens with zero attached hydrogens (tertiary/aromatic N) is 3. The molecule has 0 aliphatic carbocycles. The monoisotopic (exact) mass is 432 g/mol. The van der Waals surface area contributed by atoms with Crippen molar-refractivity contribution < 1.29 is 18.0 Å². The molecule has 2 heterocycles. The van der Waals surface area contributed by atoms with Crippen LogP contribution in [0.5, 0.6) is 0 Å². The van der Waals surface area contributed by atoms with Crippen LogP contribution in [-0.4, -0.2) is 49.0 Å². The van der Waals surface area contributed by atoms with Crippen molar-refractivity contribution >= 4 is 40.5 Å². The molecule has 0 atom stereocenters. The summed E-state index contributed by atoms with van der Waals surface area (Å²) in [7, 11) is 1.97. The molecule has 1 aromatic carbocycles. The predicted octanol–water partition coefficient (Wildman–Crippen LogP) is 4.41. The lowest BCUT2D eigenvalue weighted by molar-refractivity contribution is -0.136. The lowest BCUT2D eigenvalue weighted by Crippen LogP contribution is -2.44. The van der Waals surface area contributed by atoms with Gasteiger partial charge in [0, 0.05) is 37.4 Å². The number of anilines is 2. The van der Waals surface area contributed by atoms with Crippen LogP contribution in [0.4, 0.5) is 24.5 Å². The number of carbonyl (C=O) groups excluding carboxylic acids is 1. The Labute approximate surface area is 170 Å². The first-order valence-corrected chi connectivity index (χ1v) is 9.18. The summed E-state index contributed by atoms with van der Waals surface area (Å²) < 4.78 is 40.8. The van der Waals surface area contributed by atoms with E-state index in [-0.39, 0.29) is 21.6 Å². The van der Waals surface area contributed by atoms with Crippen molar-refractivity contribution in [1.82, 2.24) is 9.88 Å². The smallest absolute Gasteiger partial charge is 0.369 e. The normalized spacial score (nSPS) is 15.6. The van der Waals surface area contributed by atoms with Gasteiger partial charge in [-0.25, -0.2) is 4.98 Å². The Kier molecular flexibility index (Phi) is 6.02. The maximum Gasteiger partial charge on any atom is 0.418 e. The van der Waals surface area contributed by atoms with Crippen molar-refractivity contribution in [3.05, 3.63) is 51.8 Å². The molecule has 1 fully saturated rings. The van der Waals surface area contributed by atoms with Crippen molar-refractivity contribution in [1.29, 1.82) is 0 Å². The highest BCUT2D eigenvalue weighted by atomic mass is 35.5. The van der Waals surface area contributed by atoms with Gasteiger partial charge in [0.15, 0.2) is 0 Å². The Bertz CT molecular complexity index is 863. The maximum absolute atomic E-state index is 13.6. The van der Waals surface area contributed by atoms with Crippen LogP contribution in [0, 0.1) is 0 Å². The summed E-state index contributed by atoms with van der Waals surface area (Å²) in [4.78, 5) is 20.1. The van der Waals surface area contributed by atoms with E-state index in [4.69, 9.17) is 23.2 Å². The van der Waals surface area contributed by atoms with E-state index in [0.717, 1.165) is 19.2 Å². The van der Waals surface area contributed by atoms with Crippen molar-refractivity contribution in [2.45, 2.75) is 6.18 Å². The van der Waals surface area contributed by atoms with Gasteiger partial charge < -0.3 is 15.1 Å². The fourth-order valence-corrected chi connectivity index (χ4v) is 3.39. The number of hydrogen-bond donors (Lipinski definition) is 1. The number of halogens is 5. The van der Waals surface area contributed by atoms with E-state index in [2.05, 4.69) is 15.2 Å². The SMILES string of the molecule is CN1CCN(c2ccc(NC(=O)c3cc(Cl)nc(Cl)c3)c(C(F)(F)F)c2)CC1. The van der Waals surface area contributed by atoms with Crippen LogP contribution in [0.1, 0.15) is 15.9 Å². The average Bonchev–Trinajstić information content (AvgIpc) is 2.61. The second-order valence-electron chi connectivity index (χ2n) is 6.47. The highest BCUT2D eigenvalue weighted by Crippen LogP contribution is 2.37. The standard InChI is InChI=1S/C18H17Cl2F3N4O/c1-26-4-6-27(7-5-26)12-2-3-14(13(10-12)18(21,22)23)24-17(28)11-8-15(19)25-16(20)9-11/h2-3,8-10H,4-7H2,1H3,(H,24,28). The second kappa shape index (κ2) is 8.14. The first kappa shape index (κ1) is 20.7. The number of carbonyl (C=O) groups is 1. The average molecular weight is 433 g/mol. The van der Waals surface area contributed by atoms with Crippen LogP contribution in [-0.2, 0) is 6.18 Å². The highest BCUT2D eigenvalue weighted by Gasteiger charge is 2.35. The molecule has 1 aromatic heterocycles. The molecule has 0 spiro atoms. The number of rotatable bonds is 3. The summed E-state index contributed by atoms with van der Waals surface area (Å²) >= 11 is 11.5. The van der Waals surface area contributed by atoms with Crippen LogP contribution in [0.15, 0.2) is 30.3 Å². The van der Waals surface area contributed by atoms with Crippen molar-refractivity contribution in [3.63, 3.8) is 0 Å². The summed E-state index contributed by atoms with van der Waals surface area (Å²) in [6, 6.07) is 6.36. The summed E-state index contributed by atoms with van der Waals surface area (Å²) in [5, 5.41) is 2.24. The molecule has 0 unspecified atom stereocenters. The Morgan fingerprint density at radius 3 is 2.25 bits per heavy atom. The fourth-order valence-electron chi connectivity index (χ4n) is 2.93. The molecule has 3 rings (SSSR count). The van der Waals surface area contributed by atoms with Gasteiger partial charge in [0.05, 0.1) is 11.3 Å². The van der Waals surface area contributed by atoms with Crippen molar-refractivity contribution in [2.75, 3.05) is 43.4 Å². The minimum atomic E-state index is -4.63. The molecule has 1 amide bonds. The molecule has 0 saturated carbocycles. The van der Waals surface area contributed by atoms with Gasteiger partial charge in [-0.2, -0.15) is 13.2 Å². The lowest BCUT2D eigenvalue weighted by atomic mass is 10.1. The van der Waals surface area contributed by atoms with Gasteiger partial charge in [0.25, 0.3) is 5.91 Å². The fraction of sp³-hybridized carbons (Fsp3) is 0.333. The van der Waals surface area contributed by atoms with E-state index in [0.29, 0.717) is 18.8 Å². The molecule has 1 N–H and O–H groups in total. The van der Waals surface area contributed by atoms with Crippen LogP contribution in [0.25, 0.3) is 0 Å². The zero-order valence-corrected chi connectivity index (χ0v) is 16.4. The third-order valence-electron chi connectivity index (χ3n) is 4.45. The van der Waals surface area contributed by atoms with E-state index < -0.39 is 17.6 Å². The van der Waals surface area contributed by atoms with Gasteiger partial charge in [-0.05, 0) is 37.4 Å². The summed E-state index contributed by atoms with van der Waals surface area (Å²) in [5.74, 6) is -0.760. The quantitative estimate of drug-likeness (QED) is 0.729. The number of benzene rings is 1. The number of alkyl halides is 3. The van der Waals surface area contributed by atoms with E-state index in [1.54, 1.807) is 6.07 Å². The number of pyridine rings is 1. The number of hydrogen-bond acceptors (Lipinski definition) is 4. The van der Waals surface area contributed by atoms with E-state index >= 15 is 0 Å². The van der Waals surface area contributed by atoms with Crippen LogP contribution < -0.4 is 10.2 Å². The minimum Gasteiger partial charge on any atom is -0.369 e. The molecule has 0 radical (unpaired) electrons. The molecular formula is C18H17Cl2F3N4O. The molecule has 5 nitrogen and oxygen atoms in total. The predicted molar refractivity (Wildman–Crippen MR) is 103 cm³/mol. The Morgan fingerprint density at radius 1 is 1.07 bits per heavy atom. The zero-order valence-electron chi connectivity index (χ0n) is 14.9. The minimum absolute atomic E-state index is 0.0151. The summed E-state index contributed by atoms with van der Waals surface area (Å²) in [6.45, 7) is 2.80. The molecule has 1 saturated heterocycles. The molecule has 150 valence electrons. The second-order valence-corrected chi connectivity index (χ2v) is 7.25. The third-order valence-corrected chi connectivity index (χ3v) is 4.84. The number of piperazine rings is 1. The van der Waals surface area contributed by atoms with E-state index in [9.17, 15) is 18.0 Å². The summed E-state index contributed by atoms with van der Waals surface area (Å²) in [6.07, 6.45) is -4.63. The lowest BCUT2D eigenvalue weighted by Gasteiger charge is -2.34. The van der Waals surface area contributed by atoms with E-state index in [1.807, 2.05) is 11.9 Å². The van der Waals surface area contributed by atoms with Crippen molar-refractivity contribution in [3.8, 4) is 0 Å². The van der Waals surface area contributed by atoms with Gasteiger partial charge in [0.1, 0.15) is 10.3 Å². The maximum atomic E-state index is 13.6. The Balaban J connectivity index is 1.89. The third kappa shape index (κ3) is 4.87. The number of likely N-dealkylation sites (N-methyl/N-ethyl adjacent to an activating group) is 1. The van der Waals surface area contributed by atoms with Crippen LogP contribution in [0.2, 0.25) is 10.3 Å². The van der Waals surface area contributed by atoms with Crippen LogP contribution >= 0.6 is 23.2 Å². The molecule has 2 aromatic rings. The topological polar surface area (TPSA) is 48.5 Å². The molecule has 28 heavy (non-hydrogen) atoms. The number of nitrogens with one attached hydrogen (secondary N) is 1. The highest BCUT2D eigenvalue weighted by molar-refractivity contribution is 6.33. The zero-order chi connectivity index (χ0) is 20.5. The molecule has 10 heteroatoms. The molecule has 0 bridgehead atoms. The van der Waals surface area contributed by atoms with Gasteiger partial charge >= 0.3 is 6.18 Å². The van der Waals surface area contributed by atoms with Crippen LogP contribution in [0.3, 0.4) is 0 Å². The Morgan fingerprint density at radius 2 is 1.68 bits per heavy atom. The molecule has 1 aliphatic heterocycles. The van der Waals surface area contributed by atoms with Gasteiger partial charge in [-0.3, -0.25) is 4.79 Å². The van der Waals surface area contributed by atoms with Gasteiger partial charge in [-0.1, -0.05) is 23.2 Å². The van der Waals surface area contributed by atoms with E-state index in [1.165, 1.54) is 18.2 Å². The Hall–Kier alpha value is -2.03. The van der Waals surface area contributed by atoms with Gasteiger partial charge in [-0.15, -0.1) is 0 Å². The van der Waals surface area contributed by atoms with Crippen molar-refractivity contribution in [2.24, 2.45) is 0 Å².